The first-order valence-corrected chi connectivity index (χ1v) is 6.81. The molecule has 0 aliphatic rings. The van der Waals surface area contributed by atoms with Crippen molar-refractivity contribution in [2.75, 3.05) is 6.61 Å². The molecular weight excluding hydrogens is 314 g/mol. The SMILES string of the molecule is NS(=O)(=O)c1ccc(OCCC(=O)O)c(Br)c1. The van der Waals surface area contributed by atoms with Gasteiger partial charge in [-0.05, 0) is 34.1 Å². The molecule has 0 atom stereocenters. The standard InChI is InChI=1S/C9H10BrNO5S/c10-7-5-6(17(11,14)15)1-2-8(7)16-4-3-9(12)13/h1-2,5H,3-4H2,(H,12,13)(H2,11,14,15). The highest BCUT2D eigenvalue weighted by molar-refractivity contribution is 9.10. The van der Waals surface area contributed by atoms with Crippen molar-refractivity contribution >= 4 is 31.9 Å². The minimum absolute atomic E-state index is 0.00263. The number of hydrogen-bond acceptors (Lipinski definition) is 4. The molecule has 0 radical (unpaired) electrons. The van der Waals surface area contributed by atoms with Crippen molar-refractivity contribution in [1.29, 1.82) is 0 Å². The molecule has 94 valence electrons. The first-order valence-electron chi connectivity index (χ1n) is 4.47. The van der Waals surface area contributed by atoms with E-state index < -0.39 is 16.0 Å². The second kappa shape index (κ2) is 5.48. The third kappa shape index (κ3) is 4.33. The highest BCUT2D eigenvalue weighted by atomic mass is 79.9. The lowest BCUT2D eigenvalue weighted by Gasteiger charge is -2.07. The van der Waals surface area contributed by atoms with E-state index in [9.17, 15) is 13.2 Å². The van der Waals surface area contributed by atoms with Gasteiger partial charge in [-0.3, -0.25) is 4.79 Å². The van der Waals surface area contributed by atoms with Gasteiger partial charge in [0.2, 0.25) is 10.0 Å². The number of halogens is 1. The van der Waals surface area contributed by atoms with E-state index >= 15 is 0 Å². The van der Waals surface area contributed by atoms with Crippen molar-refractivity contribution in [2.24, 2.45) is 5.14 Å². The number of ether oxygens (including phenoxy) is 1. The first-order chi connectivity index (χ1) is 7.80. The number of carboxylic acid groups (broad SMARTS) is 1. The monoisotopic (exact) mass is 323 g/mol. The van der Waals surface area contributed by atoms with E-state index in [0.717, 1.165) is 0 Å². The Morgan fingerprint density at radius 3 is 2.59 bits per heavy atom. The summed E-state index contributed by atoms with van der Waals surface area (Å²) in [5, 5.41) is 13.4. The molecule has 3 N–H and O–H groups in total. The molecule has 0 heterocycles. The van der Waals surface area contributed by atoms with E-state index in [4.69, 9.17) is 15.0 Å². The molecule has 0 aliphatic carbocycles. The Bertz CT molecular complexity index is 528. The Kier molecular flexibility index (Phi) is 4.49. The van der Waals surface area contributed by atoms with Crippen LogP contribution in [-0.4, -0.2) is 26.1 Å². The number of nitrogens with two attached hydrogens (primary N) is 1. The molecule has 0 unspecified atom stereocenters. The van der Waals surface area contributed by atoms with Gasteiger partial charge in [-0.25, -0.2) is 13.6 Å². The van der Waals surface area contributed by atoms with Gasteiger partial charge in [-0.1, -0.05) is 0 Å². The summed E-state index contributed by atoms with van der Waals surface area (Å²) in [6, 6.07) is 3.99. The highest BCUT2D eigenvalue weighted by Gasteiger charge is 2.11. The number of carboxylic acids is 1. The number of sulfonamides is 1. The lowest BCUT2D eigenvalue weighted by molar-refractivity contribution is -0.137. The van der Waals surface area contributed by atoms with E-state index in [1.54, 1.807) is 0 Å². The Morgan fingerprint density at radius 1 is 1.47 bits per heavy atom. The maximum atomic E-state index is 11.0. The fourth-order valence-electron chi connectivity index (χ4n) is 1.02. The van der Waals surface area contributed by atoms with Gasteiger partial charge in [0, 0.05) is 0 Å². The zero-order valence-corrected chi connectivity index (χ0v) is 11.0. The lowest BCUT2D eigenvalue weighted by atomic mass is 10.3. The number of rotatable bonds is 5. The Hall–Kier alpha value is -1.12. The van der Waals surface area contributed by atoms with Gasteiger partial charge >= 0.3 is 5.97 Å². The molecule has 0 saturated carbocycles. The predicted molar refractivity (Wildman–Crippen MR) is 63.3 cm³/mol. The van der Waals surface area contributed by atoms with Gasteiger partial charge in [-0.2, -0.15) is 0 Å². The van der Waals surface area contributed by atoms with E-state index in [1.807, 2.05) is 0 Å². The van der Waals surface area contributed by atoms with E-state index in [-0.39, 0.29) is 17.9 Å². The molecule has 0 aromatic heterocycles. The van der Waals surface area contributed by atoms with Crippen LogP contribution in [0.25, 0.3) is 0 Å². The molecule has 1 rings (SSSR count). The molecule has 1 aromatic rings. The first kappa shape index (κ1) is 13.9. The van der Waals surface area contributed by atoms with Gasteiger partial charge in [0.1, 0.15) is 5.75 Å². The maximum Gasteiger partial charge on any atom is 0.306 e. The maximum absolute atomic E-state index is 11.0. The van der Waals surface area contributed by atoms with Crippen molar-refractivity contribution in [3.8, 4) is 5.75 Å². The van der Waals surface area contributed by atoms with Crippen molar-refractivity contribution in [1.82, 2.24) is 0 Å². The van der Waals surface area contributed by atoms with Gasteiger partial charge in [0.05, 0.1) is 22.4 Å². The number of primary sulfonamides is 1. The quantitative estimate of drug-likeness (QED) is 0.838. The lowest BCUT2D eigenvalue weighted by Crippen LogP contribution is -2.12. The van der Waals surface area contributed by atoms with Crippen LogP contribution in [0.1, 0.15) is 6.42 Å². The summed E-state index contributed by atoms with van der Waals surface area (Å²) in [7, 11) is -3.76. The van der Waals surface area contributed by atoms with Crippen molar-refractivity contribution in [3.05, 3.63) is 22.7 Å². The molecular formula is C9H10BrNO5S. The van der Waals surface area contributed by atoms with Crippen LogP contribution < -0.4 is 9.88 Å². The molecule has 0 fully saturated rings. The zero-order valence-electron chi connectivity index (χ0n) is 8.59. The summed E-state index contributed by atoms with van der Waals surface area (Å²) >= 11 is 3.11. The Balaban J connectivity index is 2.80. The van der Waals surface area contributed by atoms with E-state index in [1.165, 1.54) is 18.2 Å². The van der Waals surface area contributed by atoms with Crippen molar-refractivity contribution in [2.45, 2.75) is 11.3 Å². The van der Waals surface area contributed by atoms with Crippen molar-refractivity contribution < 1.29 is 23.1 Å². The number of hydrogen-bond donors (Lipinski definition) is 2. The second-order valence-electron chi connectivity index (χ2n) is 3.13. The fourth-order valence-corrected chi connectivity index (χ4v) is 2.21. The van der Waals surface area contributed by atoms with Crippen molar-refractivity contribution in [3.63, 3.8) is 0 Å². The number of carbonyl (C=O) groups is 1. The fraction of sp³-hybridized carbons (Fsp3) is 0.222. The highest BCUT2D eigenvalue weighted by Crippen LogP contribution is 2.27. The molecule has 0 amide bonds. The summed E-state index contributed by atoms with van der Waals surface area (Å²) in [5.41, 5.74) is 0. The van der Waals surface area contributed by atoms with Gasteiger partial charge in [-0.15, -0.1) is 0 Å². The Morgan fingerprint density at radius 2 is 2.12 bits per heavy atom. The molecule has 6 nitrogen and oxygen atoms in total. The average Bonchev–Trinajstić information content (AvgIpc) is 2.18. The summed E-state index contributed by atoms with van der Waals surface area (Å²) < 4.78 is 27.6. The predicted octanol–water partition coefficient (Wildman–Crippen LogP) is 0.950. The van der Waals surface area contributed by atoms with Crippen LogP contribution in [0.4, 0.5) is 0 Å². The Labute approximate surface area is 107 Å². The summed E-state index contributed by atoms with van der Waals surface area (Å²) in [6.45, 7) is 0.00263. The summed E-state index contributed by atoms with van der Waals surface area (Å²) in [4.78, 5) is 10.2. The normalized spacial score (nSPS) is 11.2. The minimum Gasteiger partial charge on any atom is -0.492 e. The van der Waals surface area contributed by atoms with Crippen LogP contribution in [0.2, 0.25) is 0 Å². The number of benzene rings is 1. The molecule has 8 heteroatoms. The molecule has 0 spiro atoms. The summed E-state index contributed by atoms with van der Waals surface area (Å²) in [6.07, 6.45) is -0.136. The largest absolute Gasteiger partial charge is 0.492 e. The molecule has 17 heavy (non-hydrogen) atoms. The van der Waals surface area contributed by atoms with Crippen LogP contribution in [-0.2, 0) is 14.8 Å². The van der Waals surface area contributed by atoms with Crippen LogP contribution in [0, 0.1) is 0 Å². The molecule has 0 bridgehead atoms. The van der Waals surface area contributed by atoms with Crippen LogP contribution >= 0.6 is 15.9 Å². The van der Waals surface area contributed by atoms with Gasteiger partial charge in [0.15, 0.2) is 0 Å². The van der Waals surface area contributed by atoms with E-state index in [2.05, 4.69) is 15.9 Å². The zero-order chi connectivity index (χ0) is 13.1. The van der Waals surface area contributed by atoms with Crippen LogP contribution in [0.3, 0.4) is 0 Å². The molecule has 0 aliphatic heterocycles. The topological polar surface area (TPSA) is 107 Å². The smallest absolute Gasteiger partial charge is 0.306 e. The second-order valence-corrected chi connectivity index (χ2v) is 5.55. The van der Waals surface area contributed by atoms with E-state index in [0.29, 0.717) is 10.2 Å². The molecule has 0 saturated heterocycles. The third-order valence-electron chi connectivity index (χ3n) is 1.81. The third-order valence-corrected chi connectivity index (χ3v) is 3.34. The molecule has 1 aromatic carbocycles. The van der Waals surface area contributed by atoms with Gasteiger partial charge < -0.3 is 9.84 Å². The van der Waals surface area contributed by atoms with Gasteiger partial charge in [0.25, 0.3) is 0 Å². The minimum atomic E-state index is -3.76. The van der Waals surface area contributed by atoms with Crippen LogP contribution in [0.5, 0.6) is 5.75 Å². The summed E-state index contributed by atoms with van der Waals surface area (Å²) in [5.74, 6) is -0.610. The van der Waals surface area contributed by atoms with Crippen LogP contribution in [0.15, 0.2) is 27.6 Å². The number of aliphatic carboxylic acids is 1. The average molecular weight is 324 g/mol.